The van der Waals surface area contributed by atoms with Crippen LogP contribution in [0.5, 0.6) is 0 Å². The van der Waals surface area contributed by atoms with Gasteiger partial charge in [-0.1, -0.05) is 0 Å². The largest absolute Gasteiger partial charge is 0.342 e. The first-order valence-corrected chi connectivity index (χ1v) is 5.23. The van der Waals surface area contributed by atoms with Crippen molar-refractivity contribution in [3.05, 3.63) is 25.0 Å². The van der Waals surface area contributed by atoms with E-state index < -0.39 is 0 Å². The van der Waals surface area contributed by atoms with Crippen molar-refractivity contribution in [1.82, 2.24) is 39.9 Å². The zero-order chi connectivity index (χ0) is 11.9. The van der Waals surface area contributed by atoms with Crippen molar-refractivity contribution in [3.63, 3.8) is 0 Å². The number of nitrogens with zero attached hydrogens (tertiary/aromatic N) is 6. The Morgan fingerprint density at radius 3 is 1.67 bits per heavy atom. The van der Waals surface area contributed by atoms with Crippen molar-refractivity contribution in [3.8, 4) is 11.6 Å². The molecule has 0 saturated heterocycles. The minimum Gasteiger partial charge on any atom is -0.342 e. The third-order valence-corrected chi connectivity index (χ3v) is 2.55. The van der Waals surface area contributed by atoms with Gasteiger partial charge in [-0.25, -0.2) is 29.9 Å². The quantitative estimate of drug-likeness (QED) is 0.505. The summed E-state index contributed by atoms with van der Waals surface area (Å²) in [4.78, 5) is 31.0. The van der Waals surface area contributed by atoms with Gasteiger partial charge in [0.2, 0.25) is 0 Å². The first kappa shape index (κ1) is 9.16. The summed E-state index contributed by atoms with van der Waals surface area (Å²) in [6.07, 6.45) is 6.45. The molecule has 0 spiro atoms. The SMILES string of the molecule is c1nc2nc(-c3ncc4[nH]cnc4n3)ncc2[nH]1. The smallest absolute Gasteiger partial charge is 0.199 e. The molecule has 8 heteroatoms. The van der Waals surface area contributed by atoms with Crippen molar-refractivity contribution in [2.24, 2.45) is 0 Å². The fraction of sp³-hybridized carbons (Fsp3) is 0. The number of aromatic amines is 2. The Morgan fingerprint density at radius 2 is 1.17 bits per heavy atom. The summed E-state index contributed by atoms with van der Waals surface area (Å²) in [6.45, 7) is 0. The molecular formula is C10H6N8. The van der Waals surface area contributed by atoms with E-state index in [0.717, 1.165) is 11.0 Å². The number of aromatic nitrogens is 8. The maximum atomic E-state index is 4.28. The second-order valence-corrected chi connectivity index (χ2v) is 3.67. The first-order valence-electron chi connectivity index (χ1n) is 5.23. The molecule has 18 heavy (non-hydrogen) atoms. The van der Waals surface area contributed by atoms with Crippen LogP contribution >= 0.6 is 0 Å². The van der Waals surface area contributed by atoms with Crippen LogP contribution in [0.2, 0.25) is 0 Å². The third-order valence-electron chi connectivity index (χ3n) is 2.55. The topological polar surface area (TPSA) is 109 Å². The van der Waals surface area contributed by atoms with Crippen LogP contribution in [-0.4, -0.2) is 39.9 Å². The van der Waals surface area contributed by atoms with E-state index >= 15 is 0 Å². The number of H-pyrrole nitrogens is 2. The highest BCUT2D eigenvalue weighted by Gasteiger charge is 2.09. The second-order valence-electron chi connectivity index (χ2n) is 3.67. The lowest BCUT2D eigenvalue weighted by molar-refractivity contribution is 1.11. The molecule has 4 heterocycles. The number of nitrogens with one attached hydrogen (secondary N) is 2. The average molecular weight is 238 g/mol. The molecule has 0 bridgehead atoms. The summed E-state index contributed by atoms with van der Waals surface area (Å²) < 4.78 is 0. The molecule has 4 aromatic rings. The maximum absolute atomic E-state index is 4.28. The predicted molar refractivity (Wildman–Crippen MR) is 62.4 cm³/mol. The standard InChI is InChI=1S/C10H6N8/c1-5-7(15-3-13-5)17-9(11-1)10-12-2-6-8(18-10)16-4-14-6/h1-4H,(H,11,13,15,17)(H,12,14,16,18). The summed E-state index contributed by atoms with van der Waals surface area (Å²) in [7, 11) is 0. The van der Waals surface area contributed by atoms with E-state index in [1.54, 1.807) is 25.0 Å². The summed E-state index contributed by atoms with van der Waals surface area (Å²) in [5, 5.41) is 0. The molecular weight excluding hydrogens is 232 g/mol. The Hall–Kier alpha value is -2.90. The van der Waals surface area contributed by atoms with Crippen LogP contribution < -0.4 is 0 Å². The number of imidazole rings is 2. The van der Waals surface area contributed by atoms with Gasteiger partial charge in [-0.15, -0.1) is 0 Å². The molecule has 4 rings (SSSR count). The number of rotatable bonds is 1. The molecule has 2 N–H and O–H groups in total. The second kappa shape index (κ2) is 3.29. The average Bonchev–Trinajstić information content (AvgIpc) is 3.05. The Balaban J connectivity index is 1.93. The van der Waals surface area contributed by atoms with Gasteiger partial charge in [-0.3, -0.25) is 0 Å². The van der Waals surface area contributed by atoms with Crippen molar-refractivity contribution in [2.45, 2.75) is 0 Å². The van der Waals surface area contributed by atoms with Crippen LogP contribution in [0.25, 0.3) is 34.0 Å². The number of hydrogen-bond acceptors (Lipinski definition) is 6. The molecule has 0 radical (unpaired) electrons. The fourth-order valence-corrected chi connectivity index (χ4v) is 1.69. The maximum Gasteiger partial charge on any atom is 0.199 e. The minimum atomic E-state index is 0.430. The fourth-order valence-electron chi connectivity index (χ4n) is 1.69. The van der Waals surface area contributed by atoms with Crippen LogP contribution in [0.15, 0.2) is 25.0 Å². The molecule has 0 aliphatic carbocycles. The lowest BCUT2D eigenvalue weighted by Gasteiger charge is -1.97. The molecule has 0 fully saturated rings. The van der Waals surface area contributed by atoms with Gasteiger partial charge in [0.1, 0.15) is 11.0 Å². The van der Waals surface area contributed by atoms with Crippen LogP contribution in [0.3, 0.4) is 0 Å². The van der Waals surface area contributed by atoms with Gasteiger partial charge >= 0.3 is 0 Å². The molecule has 0 aliphatic rings. The Kier molecular flexibility index (Phi) is 1.68. The van der Waals surface area contributed by atoms with E-state index in [4.69, 9.17) is 0 Å². The highest BCUT2D eigenvalue weighted by atomic mass is 15.1. The van der Waals surface area contributed by atoms with E-state index in [1.807, 2.05) is 0 Å². The molecule has 0 aromatic carbocycles. The predicted octanol–water partition coefficient (Wildman–Crippen LogP) is 0.686. The molecule has 4 aromatic heterocycles. The van der Waals surface area contributed by atoms with Crippen molar-refractivity contribution >= 4 is 22.3 Å². The first-order chi connectivity index (χ1) is 8.90. The van der Waals surface area contributed by atoms with Gasteiger partial charge in [-0.05, 0) is 0 Å². The molecule has 0 aliphatic heterocycles. The minimum absolute atomic E-state index is 0.430. The summed E-state index contributed by atoms with van der Waals surface area (Å²) in [5.74, 6) is 0.860. The molecule has 86 valence electrons. The van der Waals surface area contributed by atoms with Gasteiger partial charge in [0.05, 0.1) is 25.0 Å². The number of hydrogen-bond donors (Lipinski definition) is 2. The highest BCUT2D eigenvalue weighted by Crippen LogP contribution is 2.14. The monoisotopic (exact) mass is 238 g/mol. The van der Waals surface area contributed by atoms with E-state index in [-0.39, 0.29) is 0 Å². The van der Waals surface area contributed by atoms with Gasteiger partial charge in [0, 0.05) is 0 Å². The van der Waals surface area contributed by atoms with Gasteiger partial charge in [0.25, 0.3) is 0 Å². The lowest BCUT2D eigenvalue weighted by atomic mass is 10.4. The Morgan fingerprint density at radius 1 is 0.667 bits per heavy atom. The summed E-state index contributed by atoms with van der Waals surface area (Å²) >= 11 is 0. The summed E-state index contributed by atoms with van der Waals surface area (Å²) in [5.41, 5.74) is 2.73. The Labute approximate surface area is 99.6 Å². The number of fused-ring (bicyclic) bond motifs is 2. The zero-order valence-corrected chi connectivity index (χ0v) is 8.99. The molecule has 0 unspecified atom stereocenters. The van der Waals surface area contributed by atoms with Gasteiger partial charge < -0.3 is 9.97 Å². The Bertz CT molecular complexity index is 773. The molecule has 0 amide bonds. The van der Waals surface area contributed by atoms with Gasteiger partial charge in [-0.2, -0.15) is 0 Å². The molecule has 0 saturated carbocycles. The lowest BCUT2D eigenvalue weighted by Crippen LogP contribution is -1.95. The van der Waals surface area contributed by atoms with E-state index in [2.05, 4.69) is 39.9 Å². The third kappa shape index (κ3) is 1.25. The van der Waals surface area contributed by atoms with Crippen LogP contribution in [0, 0.1) is 0 Å². The normalized spacial score (nSPS) is 11.3. The van der Waals surface area contributed by atoms with Crippen LogP contribution in [-0.2, 0) is 0 Å². The molecule has 0 atom stereocenters. The van der Waals surface area contributed by atoms with Crippen molar-refractivity contribution in [2.75, 3.05) is 0 Å². The van der Waals surface area contributed by atoms with E-state index in [1.165, 1.54) is 0 Å². The summed E-state index contributed by atoms with van der Waals surface area (Å²) in [6, 6.07) is 0. The molecule has 8 nitrogen and oxygen atoms in total. The van der Waals surface area contributed by atoms with Crippen molar-refractivity contribution < 1.29 is 0 Å². The zero-order valence-electron chi connectivity index (χ0n) is 8.99. The van der Waals surface area contributed by atoms with Crippen LogP contribution in [0.4, 0.5) is 0 Å². The highest BCUT2D eigenvalue weighted by molar-refractivity contribution is 5.73. The van der Waals surface area contributed by atoms with E-state index in [0.29, 0.717) is 22.9 Å². The van der Waals surface area contributed by atoms with E-state index in [9.17, 15) is 0 Å². The van der Waals surface area contributed by atoms with Crippen molar-refractivity contribution in [1.29, 1.82) is 0 Å². The van der Waals surface area contributed by atoms with Crippen LogP contribution in [0.1, 0.15) is 0 Å². The van der Waals surface area contributed by atoms with Gasteiger partial charge in [0.15, 0.2) is 22.9 Å².